The van der Waals surface area contributed by atoms with Crippen molar-refractivity contribution in [2.75, 3.05) is 6.54 Å². The summed E-state index contributed by atoms with van der Waals surface area (Å²) in [7, 11) is -7.68. The molecule has 0 radical (unpaired) electrons. The summed E-state index contributed by atoms with van der Waals surface area (Å²) in [6.45, 7) is 3.83. The van der Waals surface area contributed by atoms with E-state index in [0.29, 0.717) is 0 Å². The SMILES string of the molecule is CC(C)=CCNS(=O)(=O)c1cccc(S(N)(=O)=O)c1. The summed E-state index contributed by atoms with van der Waals surface area (Å²) in [5, 5.41) is 4.96. The van der Waals surface area contributed by atoms with Crippen LogP contribution in [0, 0.1) is 0 Å². The van der Waals surface area contributed by atoms with E-state index >= 15 is 0 Å². The Morgan fingerprint density at radius 3 is 2.32 bits per heavy atom. The third-order valence-electron chi connectivity index (χ3n) is 2.23. The van der Waals surface area contributed by atoms with E-state index in [0.717, 1.165) is 11.6 Å². The van der Waals surface area contributed by atoms with Crippen LogP contribution in [0.1, 0.15) is 13.8 Å². The van der Waals surface area contributed by atoms with Gasteiger partial charge in [0.05, 0.1) is 9.79 Å². The molecule has 1 aromatic rings. The molecule has 0 saturated heterocycles. The van der Waals surface area contributed by atoms with Gasteiger partial charge in [-0.15, -0.1) is 0 Å². The number of sulfonamides is 2. The maximum atomic E-state index is 11.9. The van der Waals surface area contributed by atoms with Crippen molar-refractivity contribution in [1.29, 1.82) is 0 Å². The highest BCUT2D eigenvalue weighted by molar-refractivity contribution is 7.90. The molecule has 0 aliphatic rings. The van der Waals surface area contributed by atoms with Crippen molar-refractivity contribution in [3.05, 3.63) is 35.9 Å². The molecule has 6 nitrogen and oxygen atoms in total. The van der Waals surface area contributed by atoms with E-state index in [9.17, 15) is 16.8 Å². The molecule has 3 N–H and O–H groups in total. The molecule has 0 bridgehead atoms. The normalized spacial score (nSPS) is 12.2. The van der Waals surface area contributed by atoms with Crippen LogP contribution in [-0.4, -0.2) is 23.4 Å². The average molecular weight is 304 g/mol. The second kappa shape index (κ2) is 5.83. The lowest BCUT2D eigenvalue weighted by Gasteiger charge is -2.06. The molecule has 0 saturated carbocycles. The molecule has 0 aromatic heterocycles. The van der Waals surface area contributed by atoms with E-state index < -0.39 is 20.0 Å². The van der Waals surface area contributed by atoms with E-state index in [-0.39, 0.29) is 16.3 Å². The minimum absolute atomic E-state index is 0.138. The first kappa shape index (κ1) is 15.8. The first-order valence-corrected chi connectivity index (χ1v) is 8.42. The first-order chi connectivity index (χ1) is 8.63. The maximum absolute atomic E-state index is 11.9. The van der Waals surface area contributed by atoms with Crippen molar-refractivity contribution >= 4 is 20.0 Å². The standard InChI is InChI=1S/C11H16N2O4S2/c1-9(2)6-7-13-19(16,17)11-5-3-4-10(8-11)18(12,14)15/h3-6,8,13H,7H2,1-2H3,(H2,12,14,15). The van der Waals surface area contributed by atoms with Crippen molar-refractivity contribution in [2.45, 2.75) is 23.6 Å². The molecule has 0 amide bonds. The van der Waals surface area contributed by atoms with E-state index in [1.165, 1.54) is 18.2 Å². The number of nitrogens with one attached hydrogen (secondary N) is 1. The first-order valence-electron chi connectivity index (χ1n) is 5.39. The third kappa shape index (κ3) is 4.75. The molecule has 0 atom stereocenters. The summed E-state index contributed by atoms with van der Waals surface area (Å²) in [4.78, 5) is -0.376. The maximum Gasteiger partial charge on any atom is 0.240 e. The monoisotopic (exact) mass is 304 g/mol. The molecular weight excluding hydrogens is 288 g/mol. The van der Waals surface area contributed by atoms with Gasteiger partial charge >= 0.3 is 0 Å². The Hall–Kier alpha value is -1.22. The van der Waals surface area contributed by atoms with E-state index in [4.69, 9.17) is 5.14 Å². The predicted molar refractivity (Wildman–Crippen MR) is 72.4 cm³/mol. The summed E-state index contributed by atoms with van der Waals surface area (Å²) >= 11 is 0. The van der Waals surface area contributed by atoms with Gasteiger partial charge in [-0.25, -0.2) is 26.7 Å². The van der Waals surface area contributed by atoms with Crippen molar-refractivity contribution in [3.8, 4) is 0 Å². The van der Waals surface area contributed by atoms with Crippen LogP contribution < -0.4 is 9.86 Å². The fraction of sp³-hybridized carbons (Fsp3) is 0.273. The summed E-state index contributed by atoms with van der Waals surface area (Å²) in [5.74, 6) is 0. The van der Waals surface area contributed by atoms with E-state index in [1.54, 1.807) is 6.08 Å². The lowest BCUT2D eigenvalue weighted by Crippen LogP contribution is -2.24. The molecule has 1 aromatic carbocycles. The zero-order chi connectivity index (χ0) is 14.7. The van der Waals surface area contributed by atoms with E-state index in [1.807, 2.05) is 13.8 Å². The van der Waals surface area contributed by atoms with Crippen LogP contribution in [0.3, 0.4) is 0 Å². The van der Waals surface area contributed by atoms with Gasteiger partial charge < -0.3 is 0 Å². The van der Waals surface area contributed by atoms with Gasteiger partial charge in [0.15, 0.2) is 0 Å². The van der Waals surface area contributed by atoms with Gasteiger partial charge in [0.1, 0.15) is 0 Å². The van der Waals surface area contributed by atoms with Crippen molar-refractivity contribution in [3.63, 3.8) is 0 Å². The summed E-state index contributed by atoms with van der Waals surface area (Å²) in [6, 6.07) is 4.90. The van der Waals surface area contributed by atoms with Gasteiger partial charge in [-0.3, -0.25) is 0 Å². The molecule has 0 unspecified atom stereocenters. The van der Waals surface area contributed by atoms with Crippen LogP contribution in [0.4, 0.5) is 0 Å². The van der Waals surface area contributed by atoms with E-state index in [2.05, 4.69) is 4.72 Å². The van der Waals surface area contributed by atoms with Gasteiger partial charge in [-0.2, -0.15) is 0 Å². The zero-order valence-electron chi connectivity index (χ0n) is 10.6. The molecule has 0 aliphatic carbocycles. The second-order valence-electron chi connectivity index (χ2n) is 4.15. The molecular formula is C11H16N2O4S2. The molecule has 1 rings (SSSR count). The predicted octanol–water partition coefficient (Wildman–Crippen LogP) is 0.579. The Bertz CT molecular complexity index is 687. The van der Waals surface area contributed by atoms with Gasteiger partial charge in [0.25, 0.3) is 0 Å². The number of hydrogen-bond donors (Lipinski definition) is 2. The van der Waals surface area contributed by atoms with Crippen molar-refractivity contribution in [1.82, 2.24) is 4.72 Å². The Labute approximate surface area is 113 Å². The smallest absolute Gasteiger partial charge is 0.225 e. The van der Waals surface area contributed by atoms with Gasteiger partial charge in [0.2, 0.25) is 20.0 Å². The summed E-state index contributed by atoms with van der Waals surface area (Å²) in [6.07, 6.45) is 1.71. The van der Waals surface area contributed by atoms with Crippen LogP contribution in [0.15, 0.2) is 45.7 Å². The lowest BCUT2D eigenvalue weighted by atomic mass is 10.3. The Kier molecular flexibility index (Phi) is 4.86. The van der Waals surface area contributed by atoms with Gasteiger partial charge in [-0.1, -0.05) is 17.7 Å². The molecule has 0 spiro atoms. The lowest BCUT2D eigenvalue weighted by molar-refractivity contribution is 0.585. The highest BCUT2D eigenvalue weighted by atomic mass is 32.2. The minimum atomic E-state index is -3.92. The minimum Gasteiger partial charge on any atom is -0.225 e. The van der Waals surface area contributed by atoms with Crippen molar-refractivity contribution < 1.29 is 16.8 Å². The Morgan fingerprint density at radius 2 is 1.79 bits per heavy atom. The number of allylic oxidation sites excluding steroid dienone is 1. The van der Waals surface area contributed by atoms with Gasteiger partial charge in [-0.05, 0) is 32.0 Å². The molecule has 8 heteroatoms. The van der Waals surface area contributed by atoms with Crippen LogP contribution in [0.25, 0.3) is 0 Å². The summed E-state index contributed by atoms with van der Waals surface area (Å²) in [5.41, 5.74) is 0.973. The molecule has 19 heavy (non-hydrogen) atoms. The van der Waals surface area contributed by atoms with Gasteiger partial charge in [0, 0.05) is 6.54 Å². The zero-order valence-corrected chi connectivity index (χ0v) is 12.3. The Morgan fingerprint density at radius 1 is 1.21 bits per heavy atom. The van der Waals surface area contributed by atoms with Crippen LogP contribution in [0.5, 0.6) is 0 Å². The molecule has 0 aliphatic heterocycles. The number of nitrogens with two attached hydrogens (primary N) is 1. The van der Waals surface area contributed by atoms with Crippen LogP contribution in [0.2, 0.25) is 0 Å². The van der Waals surface area contributed by atoms with Crippen LogP contribution >= 0.6 is 0 Å². The van der Waals surface area contributed by atoms with Crippen molar-refractivity contribution in [2.24, 2.45) is 5.14 Å². The highest BCUT2D eigenvalue weighted by Gasteiger charge is 2.16. The number of rotatable bonds is 5. The van der Waals surface area contributed by atoms with Crippen LogP contribution in [-0.2, 0) is 20.0 Å². The number of hydrogen-bond acceptors (Lipinski definition) is 4. The fourth-order valence-corrected chi connectivity index (χ4v) is 2.90. The number of primary sulfonamides is 1. The molecule has 0 fully saturated rings. The largest absolute Gasteiger partial charge is 0.240 e. The second-order valence-corrected chi connectivity index (χ2v) is 7.48. The fourth-order valence-electron chi connectivity index (χ4n) is 1.26. The highest BCUT2D eigenvalue weighted by Crippen LogP contribution is 2.14. The third-order valence-corrected chi connectivity index (χ3v) is 4.56. The molecule has 106 valence electrons. The molecule has 0 heterocycles. The summed E-state index contributed by atoms with van der Waals surface area (Å²) < 4.78 is 48.5. The number of benzene rings is 1. The topological polar surface area (TPSA) is 106 Å². The quantitative estimate of drug-likeness (QED) is 0.776. The average Bonchev–Trinajstić information content (AvgIpc) is 2.27. The Balaban J connectivity index is 3.06.